The van der Waals surface area contributed by atoms with Gasteiger partial charge in [0.15, 0.2) is 0 Å². The van der Waals surface area contributed by atoms with Crippen LogP contribution in [0.4, 0.5) is 13.2 Å². The van der Waals surface area contributed by atoms with Crippen molar-refractivity contribution in [1.82, 2.24) is 9.21 Å². The smallest absolute Gasteiger partial charge is 0.369 e. The maximum Gasteiger partial charge on any atom is 0.395 e. The van der Waals surface area contributed by atoms with Crippen molar-refractivity contribution in [3.05, 3.63) is 29.8 Å². The van der Waals surface area contributed by atoms with Crippen molar-refractivity contribution < 1.29 is 26.4 Å². The Balaban J connectivity index is 1.69. The summed E-state index contributed by atoms with van der Waals surface area (Å²) in [6, 6.07) is 4.58. The second kappa shape index (κ2) is 7.55. The maximum atomic E-state index is 13.0. The SMILES string of the molecule is C[C@@H]1CN(CC2(C(N)=O)CC2)CCN1S(=O)(=O)c1ccc([C@@H](C)C(F)(F)F)cc1. The molecule has 10 heteroatoms. The van der Waals surface area contributed by atoms with Gasteiger partial charge in [-0.1, -0.05) is 12.1 Å². The summed E-state index contributed by atoms with van der Waals surface area (Å²) in [5, 5.41) is 0. The molecule has 2 fully saturated rings. The number of primary amides is 1. The van der Waals surface area contributed by atoms with Gasteiger partial charge in [-0.15, -0.1) is 0 Å². The second-order valence-electron chi connectivity index (χ2n) is 8.18. The normalized spacial score (nSPS) is 24.2. The Bertz CT molecular complexity index is 867. The van der Waals surface area contributed by atoms with Crippen molar-refractivity contribution in [1.29, 1.82) is 0 Å². The molecule has 0 radical (unpaired) electrons. The fourth-order valence-corrected chi connectivity index (χ4v) is 5.44. The van der Waals surface area contributed by atoms with E-state index in [1.54, 1.807) is 6.92 Å². The van der Waals surface area contributed by atoms with Gasteiger partial charge in [-0.25, -0.2) is 8.42 Å². The minimum atomic E-state index is -4.38. The Labute approximate surface area is 168 Å². The van der Waals surface area contributed by atoms with Gasteiger partial charge >= 0.3 is 6.18 Å². The zero-order valence-corrected chi connectivity index (χ0v) is 17.3. The van der Waals surface area contributed by atoms with E-state index in [0.717, 1.165) is 19.8 Å². The Morgan fingerprint density at radius 3 is 2.28 bits per heavy atom. The molecule has 1 heterocycles. The summed E-state index contributed by atoms with van der Waals surface area (Å²) in [7, 11) is -3.82. The van der Waals surface area contributed by atoms with Crippen LogP contribution < -0.4 is 5.73 Å². The van der Waals surface area contributed by atoms with E-state index < -0.39 is 27.5 Å². The molecule has 29 heavy (non-hydrogen) atoms. The third-order valence-corrected chi connectivity index (χ3v) is 8.06. The zero-order chi connectivity index (χ0) is 21.6. The largest absolute Gasteiger partial charge is 0.395 e. The quantitative estimate of drug-likeness (QED) is 0.746. The van der Waals surface area contributed by atoms with Gasteiger partial charge < -0.3 is 5.73 Å². The van der Waals surface area contributed by atoms with Gasteiger partial charge in [-0.2, -0.15) is 17.5 Å². The molecule has 0 aromatic heterocycles. The summed E-state index contributed by atoms with van der Waals surface area (Å²) in [6.45, 7) is 4.56. The van der Waals surface area contributed by atoms with Gasteiger partial charge in [-0.3, -0.25) is 9.69 Å². The average molecular weight is 433 g/mol. The number of nitrogens with zero attached hydrogens (tertiary/aromatic N) is 2. The first-order chi connectivity index (χ1) is 13.4. The Morgan fingerprint density at radius 1 is 1.24 bits per heavy atom. The number of benzene rings is 1. The molecule has 162 valence electrons. The lowest BCUT2D eigenvalue weighted by Gasteiger charge is -2.40. The minimum Gasteiger partial charge on any atom is -0.369 e. The van der Waals surface area contributed by atoms with E-state index in [1.807, 2.05) is 0 Å². The third-order valence-electron chi connectivity index (χ3n) is 6.03. The van der Waals surface area contributed by atoms with Crippen LogP contribution in [0.3, 0.4) is 0 Å². The van der Waals surface area contributed by atoms with Gasteiger partial charge in [0.2, 0.25) is 15.9 Å². The van der Waals surface area contributed by atoms with Gasteiger partial charge in [-0.05, 0) is 44.4 Å². The molecule has 2 N–H and O–H groups in total. The van der Waals surface area contributed by atoms with E-state index >= 15 is 0 Å². The van der Waals surface area contributed by atoms with E-state index in [2.05, 4.69) is 4.90 Å². The predicted octanol–water partition coefficient (Wildman–Crippen LogP) is 2.31. The fourth-order valence-electron chi connectivity index (χ4n) is 3.83. The number of hydrogen-bond acceptors (Lipinski definition) is 4. The van der Waals surface area contributed by atoms with Crippen LogP contribution in [0, 0.1) is 5.41 Å². The van der Waals surface area contributed by atoms with Gasteiger partial charge in [0.05, 0.1) is 16.2 Å². The molecule has 6 nitrogen and oxygen atoms in total. The van der Waals surface area contributed by atoms with Crippen molar-refractivity contribution >= 4 is 15.9 Å². The highest BCUT2D eigenvalue weighted by atomic mass is 32.2. The molecule has 0 spiro atoms. The van der Waals surface area contributed by atoms with E-state index in [1.165, 1.54) is 28.6 Å². The molecule has 2 atom stereocenters. The summed E-state index contributed by atoms with van der Waals surface area (Å²) in [6.07, 6.45) is -2.86. The summed E-state index contributed by atoms with van der Waals surface area (Å²) < 4.78 is 65.9. The van der Waals surface area contributed by atoms with Crippen LogP contribution in [0.2, 0.25) is 0 Å². The van der Waals surface area contributed by atoms with Gasteiger partial charge in [0.25, 0.3) is 0 Å². The standard InChI is InChI=1S/C19H26F3N3O3S/c1-13-11-24(12-18(7-8-18)17(23)26)9-10-25(13)29(27,28)16-5-3-15(4-6-16)14(2)19(20,21)22/h3-6,13-14H,7-12H2,1-2H3,(H2,23,26)/t13-,14-/m1/s1. The van der Waals surface area contributed by atoms with Crippen LogP contribution in [0.15, 0.2) is 29.2 Å². The van der Waals surface area contributed by atoms with Crippen molar-refractivity contribution in [2.24, 2.45) is 11.1 Å². The number of amides is 1. The van der Waals surface area contributed by atoms with Gasteiger partial charge in [0, 0.05) is 32.2 Å². The lowest BCUT2D eigenvalue weighted by molar-refractivity contribution is -0.146. The number of sulfonamides is 1. The Hall–Kier alpha value is -1.65. The highest BCUT2D eigenvalue weighted by Gasteiger charge is 2.50. The van der Waals surface area contributed by atoms with Crippen molar-refractivity contribution in [2.45, 2.75) is 49.7 Å². The Morgan fingerprint density at radius 2 is 1.83 bits per heavy atom. The molecule has 1 aliphatic carbocycles. The molecule has 2 aliphatic rings. The number of carbonyl (C=O) groups is 1. The highest BCUT2D eigenvalue weighted by molar-refractivity contribution is 7.89. The van der Waals surface area contributed by atoms with Crippen LogP contribution in [0.25, 0.3) is 0 Å². The molecule has 1 aromatic carbocycles. The lowest BCUT2D eigenvalue weighted by Crippen LogP contribution is -2.55. The number of carbonyl (C=O) groups excluding carboxylic acids is 1. The van der Waals surface area contributed by atoms with Crippen LogP contribution in [-0.4, -0.2) is 61.9 Å². The van der Waals surface area contributed by atoms with Crippen LogP contribution in [-0.2, 0) is 14.8 Å². The number of rotatable bonds is 6. The third kappa shape index (κ3) is 4.44. The average Bonchev–Trinajstić information content (AvgIpc) is 3.41. The van der Waals surface area contributed by atoms with Gasteiger partial charge in [0.1, 0.15) is 0 Å². The highest BCUT2D eigenvalue weighted by Crippen LogP contribution is 2.46. The molecular formula is C19H26F3N3O3S. The lowest BCUT2D eigenvalue weighted by atomic mass is 10.0. The molecule has 0 bridgehead atoms. The minimum absolute atomic E-state index is 0.0216. The molecule has 0 unspecified atom stereocenters. The molecule has 1 saturated carbocycles. The van der Waals surface area contributed by atoms with Crippen LogP contribution in [0.1, 0.15) is 38.2 Å². The molecule has 1 aromatic rings. The number of alkyl halides is 3. The summed E-state index contributed by atoms with van der Waals surface area (Å²) in [5.74, 6) is -1.98. The maximum absolute atomic E-state index is 13.0. The number of halogens is 3. The summed E-state index contributed by atoms with van der Waals surface area (Å²) in [5.41, 5.74) is 5.02. The first-order valence-corrected chi connectivity index (χ1v) is 11.0. The molecule has 1 aliphatic heterocycles. The van der Waals surface area contributed by atoms with Crippen molar-refractivity contribution in [3.8, 4) is 0 Å². The van der Waals surface area contributed by atoms with E-state index in [0.29, 0.717) is 19.6 Å². The van der Waals surface area contributed by atoms with Crippen LogP contribution in [0.5, 0.6) is 0 Å². The van der Waals surface area contributed by atoms with Crippen molar-refractivity contribution in [3.63, 3.8) is 0 Å². The van der Waals surface area contributed by atoms with E-state index in [4.69, 9.17) is 5.73 Å². The topological polar surface area (TPSA) is 83.7 Å². The molecular weight excluding hydrogens is 407 g/mol. The molecule has 1 saturated heterocycles. The first kappa shape index (κ1) is 22.0. The summed E-state index contributed by atoms with van der Waals surface area (Å²) >= 11 is 0. The number of nitrogens with two attached hydrogens (primary N) is 1. The van der Waals surface area contributed by atoms with Crippen molar-refractivity contribution in [2.75, 3.05) is 26.2 Å². The Kier molecular flexibility index (Phi) is 5.74. The van der Waals surface area contributed by atoms with E-state index in [-0.39, 0.29) is 29.0 Å². The zero-order valence-electron chi connectivity index (χ0n) is 16.4. The number of piperazine rings is 1. The van der Waals surface area contributed by atoms with Crippen LogP contribution >= 0.6 is 0 Å². The van der Waals surface area contributed by atoms with E-state index in [9.17, 15) is 26.4 Å². The molecule has 3 rings (SSSR count). The summed E-state index contributed by atoms with van der Waals surface area (Å²) in [4.78, 5) is 13.6. The fraction of sp³-hybridized carbons (Fsp3) is 0.632. The molecule has 1 amide bonds. The predicted molar refractivity (Wildman–Crippen MR) is 102 cm³/mol. The monoisotopic (exact) mass is 433 g/mol. The first-order valence-electron chi connectivity index (χ1n) is 9.58. The number of hydrogen-bond donors (Lipinski definition) is 1. The second-order valence-corrected chi connectivity index (χ2v) is 10.1.